The van der Waals surface area contributed by atoms with E-state index in [1.54, 1.807) is 0 Å². The molecule has 0 aromatic rings. The highest BCUT2D eigenvalue weighted by molar-refractivity contribution is 7.04. The third kappa shape index (κ3) is 3.95. The lowest BCUT2D eigenvalue weighted by Crippen LogP contribution is -2.51. The number of esters is 1. The Hall–Kier alpha value is -0.973. The fraction of sp³-hybridized carbons (Fsp3) is 0.778. The molecule has 0 aromatic carbocycles. The van der Waals surface area contributed by atoms with E-state index in [0.717, 1.165) is 0 Å². The fourth-order valence-electron chi connectivity index (χ4n) is 1.50. The Bertz CT molecular complexity index is 301. The molecule has 0 fully saturated rings. The minimum atomic E-state index is -1.96. The number of carbonyl (C=O) groups is 1. The fourth-order valence-corrected chi connectivity index (χ4v) is 3.51. The van der Waals surface area contributed by atoms with Gasteiger partial charge in [-0.05, 0) is 6.92 Å². The molecule has 6 heteroatoms. The maximum Gasteiger partial charge on any atom is 0.309 e. The summed E-state index contributed by atoms with van der Waals surface area (Å²) in [5.41, 5.74) is 7.46. The van der Waals surface area contributed by atoms with Gasteiger partial charge < -0.3 is 15.4 Å². The molecule has 0 aliphatic carbocycles. The third-order valence-electron chi connectivity index (χ3n) is 2.04. The van der Waals surface area contributed by atoms with Crippen molar-refractivity contribution in [3.8, 4) is 0 Å². The van der Waals surface area contributed by atoms with Crippen LogP contribution in [-0.4, -0.2) is 42.0 Å². The van der Waals surface area contributed by atoms with E-state index in [4.69, 9.17) is 5.53 Å². The van der Waals surface area contributed by atoms with Crippen LogP contribution in [0.4, 0.5) is 0 Å². The average molecular weight is 230 g/mol. The first-order valence-corrected chi connectivity index (χ1v) is 8.17. The first-order valence-electron chi connectivity index (χ1n) is 4.67. The SMILES string of the molecule is COC(=O)CC(C)(O)C(=[N+]=[N-])[Si](C)(C)C. The van der Waals surface area contributed by atoms with E-state index in [-0.39, 0.29) is 6.42 Å². The first-order chi connectivity index (χ1) is 6.65. The van der Waals surface area contributed by atoms with Gasteiger partial charge in [0.2, 0.25) is 0 Å². The van der Waals surface area contributed by atoms with Gasteiger partial charge in [-0.15, -0.1) is 0 Å². The molecule has 15 heavy (non-hydrogen) atoms. The van der Waals surface area contributed by atoms with Crippen LogP contribution < -0.4 is 0 Å². The second-order valence-corrected chi connectivity index (χ2v) is 9.70. The number of hydrogen-bond donors (Lipinski definition) is 1. The van der Waals surface area contributed by atoms with E-state index < -0.39 is 19.6 Å². The third-order valence-corrected chi connectivity index (χ3v) is 4.10. The predicted octanol–water partition coefficient (Wildman–Crippen LogP) is 0.849. The van der Waals surface area contributed by atoms with Crippen molar-refractivity contribution in [2.75, 3.05) is 7.11 Å². The number of nitrogens with zero attached hydrogens (tertiary/aromatic N) is 2. The van der Waals surface area contributed by atoms with Crippen molar-refractivity contribution < 1.29 is 19.4 Å². The standard InChI is InChI=1S/C9H18N2O3Si/c1-9(13,6-7(12)14-2)8(11-10)15(3,4)5/h13H,6H2,1-5H3. The van der Waals surface area contributed by atoms with Gasteiger partial charge in [-0.2, -0.15) is 4.79 Å². The van der Waals surface area contributed by atoms with Crippen molar-refractivity contribution in [2.45, 2.75) is 38.6 Å². The van der Waals surface area contributed by atoms with Crippen molar-refractivity contribution in [1.82, 2.24) is 0 Å². The van der Waals surface area contributed by atoms with Crippen LogP contribution in [0.25, 0.3) is 5.53 Å². The molecule has 0 saturated heterocycles. The molecule has 1 atom stereocenters. The van der Waals surface area contributed by atoms with Crippen LogP contribution in [0.3, 0.4) is 0 Å². The molecule has 86 valence electrons. The number of hydrogen-bond acceptors (Lipinski definition) is 3. The average Bonchev–Trinajstić information content (AvgIpc) is 2.00. The van der Waals surface area contributed by atoms with E-state index in [0.29, 0.717) is 5.33 Å². The van der Waals surface area contributed by atoms with E-state index >= 15 is 0 Å². The van der Waals surface area contributed by atoms with Gasteiger partial charge in [-0.1, -0.05) is 19.6 Å². The second kappa shape index (κ2) is 4.70. The molecule has 0 heterocycles. The molecular formula is C9H18N2O3Si. The number of carbonyl (C=O) groups excluding carboxylic acids is 1. The van der Waals surface area contributed by atoms with Crippen molar-refractivity contribution in [2.24, 2.45) is 0 Å². The van der Waals surface area contributed by atoms with E-state index in [2.05, 4.69) is 9.53 Å². The number of ether oxygens (including phenoxy) is 1. The lowest BCUT2D eigenvalue weighted by molar-refractivity contribution is -0.144. The Labute approximate surface area is 90.7 Å². The summed E-state index contributed by atoms with van der Waals surface area (Å²) in [4.78, 5) is 14.2. The summed E-state index contributed by atoms with van der Waals surface area (Å²) in [5.74, 6) is -0.528. The number of aliphatic hydroxyl groups is 1. The highest BCUT2D eigenvalue weighted by Crippen LogP contribution is 2.19. The molecule has 0 amide bonds. The quantitative estimate of drug-likeness (QED) is 0.255. The molecule has 0 aliphatic heterocycles. The van der Waals surface area contributed by atoms with E-state index in [1.165, 1.54) is 14.0 Å². The summed E-state index contributed by atoms with van der Waals surface area (Å²) in [5, 5.41) is 10.3. The molecule has 1 N–H and O–H groups in total. The van der Waals surface area contributed by atoms with Gasteiger partial charge in [0.1, 0.15) is 0 Å². The Balaban J connectivity index is 5.01. The highest BCUT2D eigenvalue weighted by atomic mass is 28.3. The summed E-state index contributed by atoms with van der Waals surface area (Å²) in [7, 11) is -0.707. The first kappa shape index (κ1) is 14.0. The Morgan fingerprint density at radius 2 is 2.00 bits per heavy atom. The van der Waals surface area contributed by atoms with Gasteiger partial charge in [0, 0.05) is 0 Å². The largest absolute Gasteiger partial charge is 0.469 e. The molecule has 0 rings (SSSR count). The lowest BCUT2D eigenvalue weighted by atomic mass is 10.0. The predicted molar refractivity (Wildman–Crippen MR) is 59.2 cm³/mol. The van der Waals surface area contributed by atoms with Crippen LogP contribution in [0.2, 0.25) is 19.6 Å². The van der Waals surface area contributed by atoms with Gasteiger partial charge in [0.15, 0.2) is 13.7 Å². The van der Waals surface area contributed by atoms with Crippen LogP contribution in [0.1, 0.15) is 13.3 Å². The molecular weight excluding hydrogens is 212 g/mol. The smallest absolute Gasteiger partial charge is 0.309 e. The monoisotopic (exact) mass is 230 g/mol. The molecule has 0 aromatic heterocycles. The molecule has 0 radical (unpaired) electrons. The topological polar surface area (TPSA) is 82.9 Å². The van der Waals surface area contributed by atoms with Crippen molar-refractivity contribution in [3.63, 3.8) is 0 Å². The van der Waals surface area contributed by atoms with Crippen molar-refractivity contribution in [1.29, 1.82) is 0 Å². The number of rotatable bonds is 4. The highest BCUT2D eigenvalue weighted by Gasteiger charge is 2.46. The molecule has 0 saturated carbocycles. The Kier molecular flexibility index (Phi) is 4.39. The van der Waals surface area contributed by atoms with E-state index in [1.807, 2.05) is 19.6 Å². The van der Waals surface area contributed by atoms with Crippen molar-refractivity contribution in [3.05, 3.63) is 5.53 Å². The van der Waals surface area contributed by atoms with Gasteiger partial charge in [-0.3, -0.25) is 4.79 Å². The minimum absolute atomic E-state index is 0.201. The Morgan fingerprint density at radius 1 is 1.53 bits per heavy atom. The zero-order chi connectivity index (χ0) is 12.3. The molecule has 1 unspecified atom stereocenters. The minimum Gasteiger partial charge on any atom is -0.469 e. The summed E-state index contributed by atoms with van der Waals surface area (Å²) >= 11 is 0. The molecule has 0 aliphatic rings. The summed E-state index contributed by atoms with van der Waals surface area (Å²) in [6.45, 7) is 7.23. The van der Waals surface area contributed by atoms with Crippen LogP contribution in [-0.2, 0) is 9.53 Å². The molecule has 0 spiro atoms. The summed E-state index contributed by atoms with van der Waals surface area (Å²) < 4.78 is 4.47. The van der Waals surface area contributed by atoms with Crippen LogP contribution in [0, 0.1) is 0 Å². The summed E-state index contributed by atoms with van der Waals surface area (Å²) in [6, 6.07) is 0. The molecule has 0 bridgehead atoms. The lowest BCUT2D eigenvalue weighted by Gasteiger charge is -2.23. The zero-order valence-corrected chi connectivity index (χ0v) is 10.9. The van der Waals surface area contributed by atoms with E-state index in [9.17, 15) is 9.90 Å². The molecule has 5 nitrogen and oxygen atoms in total. The summed E-state index contributed by atoms with van der Waals surface area (Å²) in [6.07, 6.45) is -0.201. The van der Waals surface area contributed by atoms with Crippen LogP contribution in [0.15, 0.2) is 0 Å². The zero-order valence-electron chi connectivity index (χ0n) is 9.87. The van der Waals surface area contributed by atoms with Gasteiger partial charge >= 0.3 is 5.97 Å². The van der Waals surface area contributed by atoms with Gasteiger partial charge in [-0.25, -0.2) is 0 Å². The normalized spacial score (nSPS) is 15.1. The van der Waals surface area contributed by atoms with Gasteiger partial charge in [0.05, 0.1) is 13.5 Å². The van der Waals surface area contributed by atoms with Crippen LogP contribution in [0.5, 0.6) is 0 Å². The second-order valence-electron chi connectivity index (χ2n) is 4.73. The van der Waals surface area contributed by atoms with Crippen LogP contribution >= 0.6 is 0 Å². The Morgan fingerprint density at radius 3 is 2.27 bits per heavy atom. The van der Waals surface area contributed by atoms with Crippen molar-refractivity contribution >= 4 is 19.4 Å². The maximum absolute atomic E-state index is 11.1. The number of methoxy groups -OCH3 is 1. The van der Waals surface area contributed by atoms with Gasteiger partial charge in [0.25, 0.3) is 5.33 Å². The maximum atomic E-state index is 11.1.